The quantitative estimate of drug-likeness (QED) is 0.560. The summed E-state index contributed by atoms with van der Waals surface area (Å²) in [5.41, 5.74) is 4.55. The number of nitrogens with one attached hydrogen (secondary N) is 1. The molecule has 0 saturated carbocycles. The van der Waals surface area contributed by atoms with E-state index in [1.165, 1.54) is 29.5 Å². The zero-order valence-electron chi connectivity index (χ0n) is 16.7. The van der Waals surface area contributed by atoms with Crippen LogP contribution in [0.4, 0.5) is 0 Å². The minimum Gasteiger partial charge on any atom is -0.496 e. The largest absolute Gasteiger partial charge is 0.496 e. The standard InChI is InChI=1S/C21H26N2O4S/c1-5-13-6-7-19-14(8-13)9-20(28-19)21(24)23-22-12-16-17(26-3)10-15(25-2)11-18(16)27-4/h9-13H,5-8H2,1-4H3,(H,23,24)/b22-12+. The van der Waals surface area contributed by atoms with Gasteiger partial charge in [0, 0.05) is 17.0 Å². The number of carbonyl (C=O) groups excluding carboxylic acids is 1. The third kappa shape index (κ3) is 4.30. The molecule has 0 spiro atoms. The first-order valence-electron chi connectivity index (χ1n) is 9.34. The Labute approximate surface area is 169 Å². The lowest BCUT2D eigenvalue weighted by atomic mass is 9.87. The molecule has 1 aliphatic rings. The molecule has 0 fully saturated rings. The van der Waals surface area contributed by atoms with E-state index in [2.05, 4.69) is 17.5 Å². The van der Waals surface area contributed by atoms with Crippen LogP contribution in [0.25, 0.3) is 0 Å². The maximum Gasteiger partial charge on any atom is 0.281 e. The lowest BCUT2D eigenvalue weighted by Gasteiger charge is -2.19. The van der Waals surface area contributed by atoms with Gasteiger partial charge in [-0.2, -0.15) is 5.10 Å². The van der Waals surface area contributed by atoms with Crippen molar-refractivity contribution in [2.24, 2.45) is 11.0 Å². The molecule has 0 saturated heterocycles. The maximum absolute atomic E-state index is 12.5. The van der Waals surface area contributed by atoms with Crippen molar-refractivity contribution in [2.75, 3.05) is 21.3 Å². The van der Waals surface area contributed by atoms with Crippen LogP contribution in [0.5, 0.6) is 17.2 Å². The third-order valence-corrected chi connectivity index (χ3v) is 6.33. The molecule has 1 unspecified atom stereocenters. The van der Waals surface area contributed by atoms with Gasteiger partial charge in [-0.25, -0.2) is 5.43 Å². The van der Waals surface area contributed by atoms with E-state index in [-0.39, 0.29) is 5.91 Å². The van der Waals surface area contributed by atoms with Gasteiger partial charge >= 0.3 is 0 Å². The highest BCUT2D eigenvalue weighted by molar-refractivity contribution is 7.14. The molecule has 7 heteroatoms. The summed E-state index contributed by atoms with van der Waals surface area (Å²) in [5.74, 6) is 2.24. The number of hydrogen-bond donors (Lipinski definition) is 1. The van der Waals surface area contributed by atoms with Gasteiger partial charge in [0.1, 0.15) is 17.2 Å². The minimum absolute atomic E-state index is 0.199. The van der Waals surface area contributed by atoms with Crippen molar-refractivity contribution in [1.29, 1.82) is 0 Å². The van der Waals surface area contributed by atoms with Gasteiger partial charge in [0.15, 0.2) is 0 Å². The molecule has 1 aliphatic carbocycles. The predicted molar refractivity (Wildman–Crippen MR) is 111 cm³/mol. The van der Waals surface area contributed by atoms with Crippen molar-refractivity contribution < 1.29 is 19.0 Å². The number of methoxy groups -OCH3 is 3. The summed E-state index contributed by atoms with van der Waals surface area (Å²) in [7, 11) is 4.69. The maximum atomic E-state index is 12.5. The van der Waals surface area contributed by atoms with E-state index < -0.39 is 0 Å². The zero-order chi connectivity index (χ0) is 20.1. The average Bonchev–Trinajstić information content (AvgIpc) is 3.16. The second-order valence-electron chi connectivity index (χ2n) is 6.72. The van der Waals surface area contributed by atoms with Gasteiger partial charge in [0.05, 0.1) is 38.0 Å². The van der Waals surface area contributed by atoms with Crippen LogP contribution in [-0.4, -0.2) is 33.5 Å². The third-order valence-electron chi connectivity index (χ3n) is 5.10. The van der Waals surface area contributed by atoms with E-state index in [4.69, 9.17) is 14.2 Å². The van der Waals surface area contributed by atoms with Crippen LogP contribution in [0, 0.1) is 5.92 Å². The number of hydrogen-bond acceptors (Lipinski definition) is 6. The fourth-order valence-electron chi connectivity index (χ4n) is 3.43. The van der Waals surface area contributed by atoms with Gasteiger partial charge in [0.25, 0.3) is 5.91 Å². The van der Waals surface area contributed by atoms with Crippen molar-refractivity contribution in [3.63, 3.8) is 0 Å². The summed E-state index contributed by atoms with van der Waals surface area (Å²) in [5, 5.41) is 4.11. The molecule has 150 valence electrons. The van der Waals surface area contributed by atoms with E-state index in [1.54, 1.807) is 44.8 Å². The summed E-state index contributed by atoms with van der Waals surface area (Å²) in [6.45, 7) is 2.23. The summed E-state index contributed by atoms with van der Waals surface area (Å²) in [6.07, 6.45) is 6.05. The second-order valence-corrected chi connectivity index (χ2v) is 7.86. The number of rotatable bonds is 7. The molecule has 0 bridgehead atoms. The van der Waals surface area contributed by atoms with Gasteiger partial charge in [-0.15, -0.1) is 11.3 Å². The van der Waals surface area contributed by atoms with Gasteiger partial charge in [0.2, 0.25) is 0 Å². The first-order valence-corrected chi connectivity index (χ1v) is 10.2. The lowest BCUT2D eigenvalue weighted by Crippen LogP contribution is -2.16. The molecule has 1 heterocycles. The Balaban J connectivity index is 1.73. The van der Waals surface area contributed by atoms with Gasteiger partial charge in [-0.1, -0.05) is 13.3 Å². The number of thiophene rings is 1. The Morgan fingerprint density at radius 1 is 1.21 bits per heavy atom. The normalized spacial score (nSPS) is 15.9. The number of benzene rings is 1. The van der Waals surface area contributed by atoms with Crippen molar-refractivity contribution in [3.05, 3.63) is 39.1 Å². The summed E-state index contributed by atoms with van der Waals surface area (Å²) < 4.78 is 16.0. The molecule has 28 heavy (non-hydrogen) atoms. The Bertz CT molecular complexity index is 850. The van der Waals surface area contributed by atoms with Crippen LogP contribution in [0.1, 0.15) is 45.4 Å². The molecular formula is C21H26N2O4S. The highest BCUT2D eigenvalue weighted by Gasteiger charge is 2.22. The van der Waals surface area contributed by atoms with Crippen molar-refractivity contribution in [1.82, 2.24) is 5.43 Å². The fourth-order valence-corrected chi connectivity index (χ4v) is 4.53. The molecule has 1 atom stereocenters. The van der Waals surface area contributed by atoms with E-state index in [0.717, 1.165) is 18.8 Å². The van der Waals surface area contributed by atoms with Crippen LogP contribution in [-0.2, 0) is 12.8 Å². The predicted octanol–water partition coefficient (Wildman–Crippen LogP) is 4.05. The summed E-state index contributed by atoms with van der Waals surface area (Å²) >= 11 is 1.57. The highest BCUT2D eigenvalue weighted by Crippen LogP contribution is 2.34. The molecule has 0 aliphatic heterocycles. The number of amides is 1. The summed E-state index contributed by atoms with van der Waals surface area (Å²) in [6, 6.07) is 5.49. The molecule has 1 amide bonds. The first-order chi connectivity index (χ1) is 13.6. The van der Waals surface area contributed by atoms with Crippen molar-refractivity contribution >= 4 is 23.5 Å². The Morgan fingerprint density at radius 3 is 2.54 bits per heavy atom. The van der Waals surface area contributed by atoms with Crippen LogP contribution in [0.15, 0.2) is 23.3 Å². The summed E-state index contributed by atoms with van der Waals surface area (Å²) in [4.78, 5) is 14.5. The number of hydrazone groups is 1. The Kier molecular flexibility index (Phi) is 6.57. The van der Waals surface area contributed by atoms with Gasteiger partial charge in [-0.05, 0) is 36.8 Å². The van der Waals surface area contributed by atoms with Gasteiger partial charge in [-0.3, -0.25) is 4.79 Å². The molecule has 6 nitrogen and oxygen atoms in total. The van der Waals surface area contributed by atoms with Crippen LogP contribution < -0.4 is 19.6 Å². The van der Waals surface area contributed by atoms with Gasteiger partial charge < -0.3 is 14.2 Å². The molecule has 0 radical (unpaired) electrons. The second kappa shape index (κ2) is 9.10. The molecule has 2 aromatic rings. The molecule has 1 aromatic heterocycles. The number of carbonyl (C=O) groups is 1. The van der Waals surface area contributed by atoms with Crippen LogP contribution in [0.3, 0.4) is 0 Å². The zero-order valence-corrected chi connectivity index (χ0v) is 17.5. The number of nitrogens with zero attached hydrogens (tertiary/aromatic N) is 1. The van der Waals surface area contributed by atoms with E-state index >= 15 is 0 Å². The topological polar surface area (TPSA) is 69.2 Å². The van der Waals surface area contributed by atoms with Crippen molar-refractivity contribution in [3.8, 4) is 17.2 Å². The van der Waals surface area contributed by atoms with E-state index in [9.17, 15) is 4.79 Å². The average molecular weight is 403 g/mol. The smallest absolute Gasteiger partial charge is 0.281 e. The Morgan fingerprint density at radius 2 is 1.93 bits per heavy atom. The molecule has 1 aromatic carbocycles. The van der Waals surface area contributed by atoms with E-state index in [1.807, 2.05) is 6.07 Å². The molecule has 3 rings (SSSR count). The van der Waals surface area contributed by atoms with E-state index in [0.29, 0.717) is 27.7 Å². The van der Waals surface area contributed by atoms with Crippen LogP contribution in [0.2, 0.25) is 0 Å². The SMILES string of the molecule is CCC1CCc2sc(C(=O)N/N=C/c3c(OC)cc(OC)cc3OC)cc2C1. The fraction of sp³-hybridized carbons (Fsp3) is 0.429. The molecular weight excluding hydrogens is 376 g/mol. The first kappa shape index (κ1) is 20.2. The van der Waals surface area contributed by atoms with Crippen LogP contribution >= 0.6 is 11.3 Å². The molecule has 1 N–H and O–H groups in total. The van der Waals surface area contributed by atoms with Crippen molar-refractivity contribution in [2.45, 2.75) is 32.6 Å². The lowest BCUT2D eigenvalue weighted by molar-refractivity contribution is 0.0959. The monoisotopic (exact) mass is 402 g/mol. The Hall–Kier alpha value is -2.54. The highest BCUT2D eigenvalue weighted by atomic mass is 32.1. The number of fused-ring (bicyclic) bond motifs is 1. The minimum atomic E-state index is -0.199. The number of aryl methyl sites for hydroxylation is 1. The number of ether oxygens (including phenoxy) is 3.